The van der Waals surface area contributed by atoms with E-state index >= 15 is 0 Å². The van der Waals surface area contributed by atoms with Crippen molar-refractivity contribution >= 4 is 11.8 Å². The first kappa shape index (κ1) is 16.7. The molecular formula is C19H22N2O2. The van der Waals surface area contributed by atoms with E-state index in [1.54, 1.807) is 11.8 Å². The minimum absolute atomic E-state index is 0.115. The number of hydrogen-bond acceptors (Lipinski definition) is 2. The third-order valence-electron chi connectivity index (χ3n) is 3.76. The van der Waals surface area contributed by atoms with Gasteiger partial charge in [0, 0.05) is 20.0 Å². The number of hydrogen-bond donors (Lipinski definition) is 1. The highest BCUT2D eigenvalue weighted by Crippen LogP contribution is 2.09. The monoisotopic (exact) mass is 310 g/mol. The van der Waals surface area contributed by atoms with E-state index in [1.807, 2.05) is 60.7 Å². The zero-order chi connectivity index (χ0) is 16.7. The minimum atomic E-state index is -0.517. The number of nitrogens with zero attached hydrogens (tertiary/aromatic N) is 1. The lowest BCUT2D eigenvalue weighted by Crippen LogP contribution is -2.46. The highest BCUT2D eigenvalue weighted by molar-refractivity contribution is 5.86. The van der Waals surface area contributed by atoms with Crippen LogP contribution in [0.4, 0.5) is 0 Å². The van der Waals surface area contributed by atoms with Gasteiger partial charge in [-0.15, -0.1) is 0 Å². The Morgan fingerprint density at radius 2 is 1.48 bits per heavy atom. The summed E-state index contributed by atoms with van der Waals surface area (Å²) >= 11 is 0. The lowest BCUT2D eigenvalue weighted by atomic mass is 10.1. The van der Waals surface area contributed by atoms with Crippen molar-refractivity contribution in [2.24, 2.45) is 0 Å². The molecular weight excluding hydrogens is 288 g/mol. The van der Waals surface area contributed by atoms with Crippen molar-refractivity contribution in [2.75, 3.05) is 0 Å². The standard InChI is InChI=1S/C19H22N2O2/c1-15(19(23)20-13-17-9-5-3-6-10-17)21(16(2)22)14-18-11-7-4-8-12-18/h3-12,15H,13-14H2,1-2H3,(H,20,23). The van der Waals surface area contributed by atoms with Gasteiger partial charge in [0.25, 0.3) is 0 Å². The second-order valence-electron chi connectivity index (χ2n) is 5.51. The number of carbonyl (C=O) groups is 2. The van der Waals surface area contributed by atoms with Crippen molar-refractivity contribution in [2.45, 2.75) is 33.0 Å². The maximum atomic E-state index is 12.3. The molecule has 0 saturated carbocycles. The van der Waals surface area contributed by atoms with Crippen LogP contribution in [-0.2, 0) is 22.7 Å². The predicted octanol–water partition coefficient (Wildman–Crippen LogP) is 2.74. The van der Waals surface area contributed by atoms with Gasteiger partial charge in [-0.05, 0) is 18.1 Å². The number of amides is 2. The number of rotatable bonds is 6. The van der Waals surface area contributed by atoms with Gasteiger partial charge in [0.2, 0.25) is 11.8 Å². The zero-order valence-corrected chi connectivity index (χ0v) is 13.5. The first-order chi connectivity index (χ1) is 11.1. The van der Waals surface area contributed by atoms with Crippen LogP contribution in [0.25, 0.3) is 0 Å². The fraction of sp³-hybridized carbons (Fsp3) is 0.263. The summed E-state index contributed by atoms with van der Waals surface area (Å²) in [7, 11) is 0. The van der Waals surface area contributed by atoms with Crippen LogP contribution in [0.3, 0.4) is 0 Å². The molecule has 2 aromatic carbocycles. The highest BCUT2D eigenvalue weighted by Gasteiger charge is 2.23. The van der Waals surface area contributed by atoms with Crippen LogP contribution in [-0.4, -0.2) is 22.8 Å². The Bertz CT molecular complexity index is 641. The molecule has 0 saturated heterocycles. The first-order valence-corrected chi connectivity index (χ1v) is 7.70. The summed E-state index contributed by atoms with van der Waals surface area (Å²) < 4.78 is 0. The second kappa shape index (κ2) is 8.13. The molecule has 2 rings (SSSR count). The van der Waals surface area contributed by atoms with Crippen LogP contribution in [0.5, 0.6) is 0 Å². The fourth-order valence-corrected chi connectivity index (χ4v) is 2.38. The van der Waals surface area contributed by atoms with E-state index in [1.165, 1.54) is 6.92 Å². The van der Waals surface area contributed by atoms with Gasteiger partial charge in [-0.25, -0.2) is 0 Å². The molecule has 0 radical (unpaired) electrons. The summed E-state index contributed by atoms with van der Waals surface area (Å²) in [5, 5.41) is 2.89. The third-order valence-corrected chi connectivity index (χ3v) is 3.76. The van der Waals surface area contributed by atoms with Crippen molar-refractivity contribution in [1.29, 1.82) is 0 Å². The van der Waals surface area contributed by atoms with E-state index in [2.05, 4.69) is 5.32 Å². The van der Waals surface area contributed by atoms with Crippen molar-refractivity contribution in [3.05, 3.63) is 71.8 Å². The molecule has 120 valence electrons. The first-order valence-electron chi connectivity index (χ1n) is 7.70. The molecule has 1 unspecified atom stereocenters. The Kier molecular flexibility index (Phi) is 5.92. The van der Waals surface area contributed by atoms with Crippen LogP contribution in [0.2, 0.25) is 0 Å². The average molecular weight is 310 g/mol. The predicted molar refractivity (Wildman–Crippen MR) is 90.4 cm³/mol. The average Bonchev–Trinajstić information content (AvgIpc) is 2.58. The molecule has 0 aliphatic carbocycles. The fourth-order valence-electron chi connectivity index (χ4n) is 2.38. The van der Waals surface area contributed by atoms with Gasteiger partial charge in [-0.3, -0.25) is 9.59 Å². The van der Waals surface area contributed by atoms with Crippen molar-refractivity contribution < 1.29 is 9.59 Å². The van der Waals surface area contributed by atoms with E-state index < -0.39 is 6.04 Å². The minimum Gasteiger partial charge on any atom is -0.350 e. The van der Waals surface area contributed by atoms with Crippen LogP contribution in [0.1, 0.15) is 25.0 Å². The Morgan fingerprint density at radius 1 is 0.957 bits per heavy atom. The molecule has 0 aliphatic heterocycles. The molecule has 1 N–H and O–H groups in total. The van der Waals surface area contributed by atoms with E-state index in [0.717, 1.165) is 11.1 Å². The van der Waals surface area contributed by atoms with Crippen LogP contribution < -0.4 is 5.32 Å². The maximum Gasteiger partial charge on any atom is 0.242 e. The van der Waals surface area contributed by atoms with Gasteiger partial charge in [0.15, 0.2) is 0 Å². The maximum absolute atomic E-state index is 12.3. The molecule has 4 heteroatoms. The smallest absolute Gasteiger partial charge is 0.242 e. The van der Waals surface area contributed by atoms with Gasteiger partial charge in [-0.1, -0.05) is 60.7 Å². The van der Waals surface area contributed by atoms with Gasteiger partial charge in [0.05, 0.1) is 0 Å². The van der Waals surface area contributed by atoms with Crippen LogP contribution in [0.15, 0.2) is 60.7 Å². The summed E-state index contributed by atoms with van der Waals surface area (Å²) in [6.07, 6.45) is 0. The van der Waals surface area contributed by atoms with E-state index in [4.69, 9.17) is 0 Å². The molecule has 0 bridgehead atoms. The van der Waals surface area contributed by atoms with Crippen molar-refractivity contribution in [3.8, 4) is 0 Å². The molecule has 0 aliphatic rings. The largest absolute Gasteiger partial charge is 0.350 e. The lowest BCUT2D eigenvalue weighted by molar-refractivity contribution is -0.139. The summed E-state index contributed by atoms with van der Waals surface area (Å²) in [5.41, 5.74) is 2.04. The molecule has 23 heavy (non-hydrogen) atoms. The van der Waals surface area contributed by atoms with Gasteiger partial charge < -0.3 is 10.2 Å². The summed E-state index contributed by atoms with van der Waals surface area (Å²) in [6.45, 7) is 4.13. The third kappa shape index (κ3) is 4.95. The summed E-state index contributed by atoms with van der Waals surface area (Å²) in [6, 6.07) is 18.9. The Labute approximate surface area is 137 Å². The summed E-state index contributed by atoms with van der Waals surface area (Å²) in [4.78, 5) is 25.8. The molecule has 0 spiro atoms. The molecule has 2 aromatic rings. The van der Waals surface area contributed by atoms with Gasteiger partial charge in [-0.2, -0.15) is 0 Å². The van der Waals surface area contributed by atoms with E-state index in [9.17, 15) is 9.59 Å². The van der Waals surface area contributed by atoms with Gasteiger partial charge >= 0.3 is 0 Å². The molecule has 2 amide bonds. The Balaban J connectivity index is 1.98. The number of nitrogens with one attached hydrogen (secondary N) is 1. The highest BCUT2D eigenvalue weighted by atomic mass is 16.2. The quantitative estimate of drug-likeness (QED) is 0.892. The summed E-state index contributed by atoms with van der Waals surface area (Å²) in [5.74, 6) is -0.267. The second-order valence-corrected chi connectivity index (χ2v) is 5.51. The Morgan fingerprint density at radius 3 is 2.00 bits per heavy atom. The van der Waals surface area contributed by atoms with Crippen LogP contribution in [0, 0.1) is 0 Å². The van der Waals surface area contributed by atoms with Gasteiger partial charge in [0.1, 0.15) is 6.04 Å². The topological polar surface area (TPSA) is 49.4 Å². The van der Waals surface area contributed by atoms with Crippen LogP contribution >= 0.6 is 0 Å². The zero-order valence-electron chi connectivity index (χ0n) is 13.5. The lowest BCUT2D eigenvalue weighted by Gasteiger charge is -2.27. The van der Waals surface area contributed by atoms with E-state index in [0.29, 0.717) is 13.1 Å². The number of carbonyl (C=O) groups excluding carboxylic acids is 2. The van der Waals surface area contributed by atoms with Crippen molar-refractivity contribution in [3.63, 3.8) is 0 Å². The molecule has 0 fully saturated rings. The Hall–Kier alpha value is -2.62. The SMILES string of the molecule is CC(=O)N(Cc1ccccc1)C(C)C(=O)NCc1ccccc1. The normalized spacial score (nSPS) is 11.6. The number of benzene rings is 2. The van der Waals surface area contributed by atoms with Crippen molar-refractivity contribution in [1.82, 2.24) is 10.2 Å². The van der Waals surface area contributed by atoms with E-state index in [-0.39, 0.29) is 11.8 Å². The molecule has 1 atom stereocenters. The molecule has 4 nitrogen and oxygen atoms in total. The molecule has 0 aromatic heterocycles. The molecule has 0 heterocycles.